The minimum Gasteiger partial charge on any atom is -0.475 e. The van der Waals surface area contributed by atoms with E-state index < -0.39 is 12.1 Å². The molecule has 0 radical (unpaired) electrons. The number of pyridine rings is 1. The minimum atomic E-state index is -5.08. The fraction of sp³-hybridized carbons (Fsp3) is 0.667. The van der Waals surface area contributed by atoms with E-state index in [-0.39, 0.29) is 18.2 Å². The van der Waals surface area contributed by atoms with Gasteiger partial charge >= 0.3 is 12.1 Å². The largest absolute Gasteiger partial charge is 0.490 e. The highest BCUT2D eigenvalue weighted by molar-refractivity contribution is 5.77. The van der Waals surface area contributed by atoms with Crippen molar-refractivity contribution in [3.8, 4) is 0 Å². The number of amides is 1. The maximum absolute atomic E-state index is 12.7. The van der Waals surface area contributed by atoms with Crippen molar-refractivity contribution < 1.29 is 32.6 Å². The number of rotatable bonds is 5. The number of likely N-dealkylation sites (N-methyl/N-ethyl adjacent to an activating group) is 1. The van der Waals surface area contributed by atoms with E-state index in [1.54, 1.807) is 6.20 Å². The first-order valence-corrected chi connectivity index (χ1v) is 10.5. The van der Waals surface area contributed by atoms with Crippen LogP contribution in [0.25, 0.3) is 0 Å². The molecule has 3 fully saturated rings. The molecule has 0 bridgehead atoms. The number of alkyl halides is 3. The molecule has 0 aromatic carbocycles. The number of carbonyl (C=O) groups excluding carboxylic acids is 1. The van der Waals surface area contributed by atoms with Gasteiger partial charge in [-0.2, -0.15) is 13.2 Å². The van der Waals surface area contributed by atoms with Crippen LogP contribution in [0.15, 0.2) is 24.5 Å². The van der Waals surface area contributed by atoms with Crippen LogP contribution in [-0.4, -0.2) is 76.3 Å². The van der Waals surface area contributed by atoms with E-state index in [0.29, 0.717) is 11.8 Å². The number of halogens is 3. The van der Waals surface area contributed by atoms with E-state index in [0.717, 1.165) is 39.0 Å². The number of ether oxygens (including phenoxy) is 1. The Kier molecular flexibility index (Phi) is 7.53. The van der Waals surface area contributed by atoms with Crippen LogP contribution in [0.2, 0.25) is 0 Å². The first-order chi connectivity index (χ1) is 14.7. The maximum Gasteiger partial charge on any atom is 0.490 e. The summed E-state index contributed by atoms with van der Waals surface area (Å²) >= 11 is 0. The number of hydrogen-bond acceptors (Lipinski definition) is 5. The van der Waals surface area contributed by atoms with Gasteiger partial charge in [0.15, 0.2) is 0 Å². The number of aliphatic carboxylic acids is 1. The number of hydrogen-bond donors (Lipinski definition) is 1. The molecule has 1 N–H and O–H groups in total. The molecule has 3 heterocycles. The fourth-order valence-corrected chi connectivity index (χ4v) is 4.19. The molecule has 2 saturated heterocycles. The van der Waals surface area contributed by atoms with Gasteiger partial charge < -0.3 is 14.7 Å². The van der Waals surface area contributed by atoms with E-state index in [1.165, 1.54) is 18.4 Å². The van der Waals surface area contributed by atoms with Gasteiger partial charge in [0.05, 0.1) is 18.2 Å². The van der Waals surface area contributed by atoms with Gasteiger partial charge in [-0.1, -0.05) is 6.07 Å². The SMILES string of the molecule is CN(Cc1cccnc1)[C@@H]1CN(C(=O)CC2CC2)[C@@H]2CCCO[C@H]12.O=C(O)C(F)(F)F. The molecule has 0 spiro atoms. The topological polar surface area (TPSA) is 83.0 Å². The molecule has 1 saturated carbocycles. The second-order valence-electron chi connectivity index (χ2n) is 8.39. The Labute approximate surface area is 179 Å². The second-order valence-corrected chi connectivity index (χ2v) is 8.39. The summed E-state index contributed by atoms with van der Waals surface area (Å²) in [6.07, 6.45) is 4.14. The molecule has 3 atom stereocenters. The lowest BCUT2D eigenvalue weighted by atomic mass is 10.00. The molecule has 1 aliphatic carbocycles. The van der Waals surface area contributed by atoms with Gasteiger partial charge in [-0.15, -0.1) is 0 Å². The summed E-state index contributed by atoms with van der Waals surface area (Å²) in [5.74, 6) is -1.77. The Bertz CT molecular complexity index is 758. The molecule has 2 aliphatic heterocycles. The first-order valence-electron chi connectivity index (χ1n) is 10.5. The lowest BCUT2D eigenvalue weighted by molar-refractivity contribution is -0.192. The average molecular weight is 443 g/mol. The number of carbonyl (C=O) groups is 2. The van der Waals surface area contributed by atoms with Crippen molar-refractivity contribution in [2.45, 2.75) is 63.0 Å². The van der Waals surface area contributed by atoms with Crippen LogP contribution < -0.4 is 0 Å². The standard InChI is InChI=1S/C19H27N3O2.C2HF3O2/c1-21(12-15-4-2-8-20-11-15)17-13-22(18(23)10-14-6-7-14)16-5-3-9-24-19(16)17;3-2(4,5)1(6)7/h2,4,8,11,14,16-17,19H,3,5-7,9-10,12-13H2,1H3;(H,6,7)/t16-,17-,19+;/m1./s1. The lowest BCUT2D eigenvalue weighted by Gasteiger charge is -2.34. The van der Waals surface area contributed by atoms with Crippen LogP contribution in [0.3, 0.4) is 0 Å². The Morgan fingerprint density at radius 2 is 2.03 bits per heavy atom. The van der Waals surface area contributed by atoms with Crippen molar-refractivity contribution in [1.82, 2.24) is 14.8 Å². The molecule has 7 nitrogen and oxygen atoms in total. The molecular weight excluding hydrogens is 415 g/mol. The number of carboxylic acid groups (broad SMARTS) is 1. The van der Waals surface area contributed by atoms with Crippen LogP contribution >= 0.6 is 0 Å². The Morgan fingerprint density at radius 1 is 1.32 bits per heavy atom. The number of nitrogens with zero attached hydrogens (tertiary/aromatic N) is 3. The smallest absolute Gasteiger partial charge is 0.475 e. The zero-order valence-corrected chi connectivity index (χ0v) is 17.4. The van der Waals surface area contributed by atoms with Gasteiger partial charge in [0.1, 0.15) is 0 Å². The third-order valence-corrected chi connectivity index (χ3v) is 5.94. The van der Waals surface area contributed by atoms with E-state index in [2.05, 4.69) is 27.9 Å². The van der Waals surface area contributed by atoms with Crippen LogP contribution in [0.5, 0.6) is 0 Å². The molecule has 0 unspecified atom stereocenters. The maximum atomic E-state index is 12.7. The van der Waals surface area contributed by atoms with Gasteiger partial charge in [-0.05, 0) is 50.3 Å². The van der Waals surface area contributed by atoms with Crippen molar-refractivity contribution >= 4 is 11.9 Å². The predicted octanol–water partition coefficient (Wildman–Crippen LogP) is 2.71. The minimum absolute atomic E-state index is 0.156. The van der Waals surface area contributed by atoms with Crippen molar-refractivity contribution in [2.24, 2.45) is 5.92 Å². The summed E-state index contributed by atoms with van der Waals surface area (Å²) in [5.41, 5.74) is 1.20. The van der Waals surface area contributed by atoms with Crippen molar-refractivity contribution in [2.75, 3.05) is 20.2 Å². The number of likely N-dealkylation sites (tertiary alicyclic amines) is 1. The van der Waals surface area contributed by atoms with Crippen molar-refractivity contribution in [3.63, 3.8) is 0 Å². The van der Waals surface area contributed by atoms with Crippen LogP contribution in [0, 0.1) is 5.92 Å². The molecular formula is C21H28F3N3O4. The normalized spacial score (nSPS) is 25.6. The van der Waals surface area contributed by atoms with Crippen LogP contribution in [-0.2, 0) is 20.9 Å². The Balaban J connectivity index is 0.000000339. The van der Waals surface area contributed by atoms with E-state index >= 15 is 0 Å². The highest BCUT2D eigenvalue weighted by Crippen LogP contribution is 2.36. The monoisotopic (exact) mass is 443 g/mol. The third-order valence-electron chi connectivity index (χ3n) is 5.94. The number of fused-ring (bicyclic) bond motifs is 1. The Morgan fingerprint density at radius 3 is 2.61 bits per heavy atom. The highest BCUT2D eigenvalue weighted by atomic mass is 19.4. The molecule has 1 amide bonds. The molecule has 31 heavy (non-hydrogen) atoms. The quantitative estimate of drug-likeness (QED) is 0.754. The summed E-state index contributed by atoms with van der Waals surface area (Å²) in [6, 6.07) is 4.63. The lowest BCUT2D eigenvalue weighted by Crippen LogP contribution is -2.46. The zero-order chi connectivity index (χ0) is 22.6. The highest BCUT2D eigenvalue weighted by Gasteiger charge is 2.47. The fourth-order valence-electron chi connectivity index (χ4n) is 4.19. The van der Waals surface area contributed by atoms with E-state index in [4.69, 9.17) is 14.6 Å². The molecule has 1 aromatic rings. The summed E-state index contributed by atoms with van der Waals surface area (Å²) < 4.78 is 37.9. The zero-order valence-electron chi connectivity index (χ0n) is 17.4. The summed E-state index contributed by atoms with van der Waals surface area (Å²) in [5, 5.41) is 7.12. The summed E-state index contributed by atoms with van der Waals surface area (Å²) in [4.78, 5) is 30.3. The van der Waals surface area contributed by atoms with Crippen molar-refractivity contribution in [1.29, 1.82) is 0 Å². The van der Waals surface area contributed by atoms with Crippen molar-refractivity contribution in [3.05, 3.63) is 30.1 Å². The molecule has 3 aliphatic rings. The molecule has 1 aromatic heterocycles. The van der Waals surface area contributed by atoms with E-state index in [1.807, 2.05) is 12.3 Å². The average Bonchev–Trinajstić information content (AvgIpc) is 3.45. The van der Waals surface area contributed by atoms with Gasteiger partial charge in [-0.3, -0.25) is 14.7 Å². The van der Waals surface area contributed by atoms with Gasteiger partial charge in [0, 0.05) is 38.5 Å². The molecule has 172 valence electrons. The van der Waals surface area contributed by atoms with Gasteiger partial charge in [0.2, 0.25) is 5.91 Å². The Hall–Kier alpha value is -2.20. The summed E-state index contributed by atoms with van der Waals surface area (Å²) in [7, 11) is 2.14. The summed E-state index contributed by atoms with van der Waals surface area (Å²) in [6.45, 7) is 2.47. The molecule has 10 heteroatoms. The predicted molar refractivity (Wildman–Crippen MR) is 105 cm³/mol. The third kappa shape index (κ3) is 6.39. The number of aromatic nitrogens is 1. The molecule has 4 rings (SSSR count). The van der Waals surface area contributed by atoms with Gasteiger partial charge in [-0.25, -0.2) is 4.79 Å². The van der Waals surface area contributed by atoms with Crippen LogP contribution in [0.4, 0.5) is 13.2 Å². The van der Waals surface area contributed by atoms with Crippen LogP contribution in [0.1, 0.15) is 37.7 Å². The second kappa shape index (κ2) is 9.95. The number of carboxylic acids is 1. The van der Waals surface area contributed by atoms with E-state index in [9.17, 15) is 18.0 Å². The first kappa shape index (κ1) is 23.5. The van der Waals surface area contributed by atoms with Gasteiger partial charge in [0.25, 0.3) is 0 Å².